The van der Waals surface area contributed by atoms with Crippen LogP contribution in [0, 0.1) is 0 Å². The van der Waals surface area contributed by atoms with E-state index in [1.165, 1.54) is 121 Å². The molecule has 4 N–H and O–H groups in total. The van der Waals surface area contributed by atoms with Gasteiger partial charge < -0.3 is 40.9 Å². The summed E-state index contributed by atoms with van der Waals surface area (Å²) >= 11 is 24.7. The molecule has 8 rings (SSSR count). The minimum absolute atomic E-state index is 0.414. The molecule has 8 aromatic rings. The van der Waals surface area contributed by atoms with E-state index in [1.807, 2.05) is 73.3 Å². The van der Waals surface area contributed by atoms with Crippen LogP contribution in [0.1, 0.15) is 269 Å². The summed E-state index contributed by atoms with van der Waals surface area (Å²) in [6.07, 6.45) is 26.7. The Balaban J connectivity index is 0.000000294. The predicted molar refractivity (Wildman–Crippen MR) is 550 cm³/mol. The Labute approximate surface area is 776 Å². The highest BCUT2D eigenvalue weighted by molar-refractivity contribution is 6.32. The van der Waals surface area contributed by atoms with Crippen molar-refractivity contribution in [2.45, 2.75) is 341 Å². The van der Waals surface area contributed by atoms with E-state index in [2.05, 4.69) is 295 Å². The lowest BCUT2D eigenvalue weighted by atomic mass is 10.0. The van der Waals surface area contributed by atoms with Gasteiger partial charge in [-0.15, -0.1) is 0 Å². The van der Waals surface area contributed by atoms with Crippen LogP contribution in [0.3, 0.4) is 0 Å². The van der Waals surface area contributed by atoms with Crippen LogP contribution in [0.2, 0.25) is 20.1 Å². The Kier molecular flexibility index (Phi) is 53.2. The molecule has 0 amide bonds. The molecule has 124 heavy (non-hydrogen) atoms. The number of fused-ring (bicyclic) bond motifs is 4. The van der Waals surface area contributed by atoms with Crippen LogP contribution in [0.5, 0.6) is 0 Å². The summed E-state index contributed by atoms with van der Waals surface area (Å²) in [6, 6.07) is 38.7. The first-order valence-electron chi connectivity index (χ1n) is 48.6. The first kappa shape index (κ1) is 109. The molecule has 0 aliphatic carbocycles. The zero-order valence-corrected chi connectivity index (χ0v) is 85.0. The van der Waals surface area contributed by atoms with Gasteiger partial charge in [0.1, 0.15) is 0 Å². The monoisotopic (exact) mass is 1790 g/mol. The van der Waals surface area contributed by atoms with Crippen molar-refractivity contribution in [2.75, 3.05) is 126 Å². The Hall–Kier alpha value is -5.44. The van der Waals surface area contributed by atoms with Crippen molar-refractivity contribution in [1.82, 2.24) is 59.1 Å². The van der Waals surface area contributed by atoms with E-state index in [0.717, 1.165) is 173 Å². The lowest BCUT2D eigenvalue weighted by molar-refractivity contribution is 0.162. The van der Waals surface area contributed by atoms with Gasteiger partial charge >= 0.3 is 0 Å². The lowest BCUT2D eigenvalue weighted by Gasteiger charge is -2.33. The maximum atomic E-state index is 6.21. The fraction of sp³-hybridized carbons (Fsp3) is 0.654. The number of pyridine rings is 4. The van der Waals surface area contributed by atoms with Crippen LogP contribution >= 0.6 is 46.4 Å². The van der Waals surface area contributed by atoms with Crippen molar-refractivity contribution in [3.63, 3.8) is 0 Å². The summed E-state index contributed by atoms with van der Waals surface area (Å²) in [5.74, 6) is 0. The topological polar surface area (TPSA) is 126 Å². The summed E-state index contributed by atoms with van der Waals surface area (Å²) in [6.45, 7) is 73.1. The number of unbranched alkanes of at least 4 members (excludes halogenated alkanes) is 2. The lowest BCUT2D eigenvalue weighted by Crippen LogP contribution is -2.40. The summed E-state index contributed by atoms with van der Waals surface area (Å²) in [5.41, 5.74) is 8.45. The molecule has 20 heteroatoms. The Morgan fingerprint density at radius 3 is 0.694 bits per heavy atom. The Morgan fingerprint density at radius 2 is 0.435 bits per heavy atom. The van der Waals surface area contributed by atoms with Gasteiger partial charge in [0.25, 0.3) is 0 Å². The third-order valence-electron chi connectivity index (χ3n) is 25.2. The fourth-order valence-electron chi connectivity index (χ4n) is 17.9. The van der Waals surface area contributed by atoms with Crippen LogP contribution in [0.25, 0.3) is 43.6 Å². The highest BCUT2D eigenvalue weighted by atomic mass is 35.5. The third-order valence-corrected chi connectivity index (χ3v) is 26.1. The molecule has 4 heterocycles. The summed E-state index contributed by atoms with van der Waals surface area (Å²) in [7, 11) is 0. The second-order valence-corrected chi connectivity index (χ2v) is 38.1. The molecule has 0 aliphatic rings. The maximum Gasteiger partial charge on any atom is 0.0737 e. The number of aromatic nitrogens is 4. The quantitative estimate of drug-likeness (QED) is 0.0270. The molecular weight excluding hydrogens is 1620 g/mol. The van der Waals surface area contributed by atoms with E-state index in [9.17, 15) is 0 Å². The van der Waals surface area contributed by atoms with Gasteiger partial charge in [-0.05, 0) is 389 Å². The van der Waals surface area contributed by atoms with E-state index in [4.69, 9.17) is 46.4 Å². The number of hydrogen-bond acceptors (Lipinski definition) is 16. The zero-order chi connectivity index (χ0) is 91.2. The minimum Gasteiger partial charge on any atom is -0.382 e. The Bertz CT molecular complexity index is 4110. The average molecular weight is 1790 g/mol. The van der Waals surface area contributed by atoms with Crippen molar-refractivity contribution in [3.05, 3.63) is 142 Å². The van der Waals surface area contributed by atoms with E-state index < -0.39 is 0 Å². The van der Waals surface area contributed by atoms with E-state index >= 15 is 0 Å². The maximum absolute atomic E-state index is 6.21. The molecule has 0 aliphatic heterocycles. The van der Waals surface area contributed by atoms with Gasteiger partial charge in [0.2, 0.25) is 0 Å². The number of anilines is 4. The smallest absolute Gasteiger partial charge is 0.0737 e. The number of benzene rings is 4. The zero-order valence-electron chi connectivity index (χ0n) is 82.0. The van der Waals surface area contributed by atoms with Crippen LogP contribution in [0.4, 0.5) is 22.7 Å². The molecule has 0 bridgehead atoms. The normalized spacial score (nSPS) is 13.1. The molecule has 4 unspecified atom stereocenters. The summed E-state index contributed by atoms with van der Waals surface area (Å²) in [5, 5.41) is 23.0. The average Bonchev–Trinajstić information content (AvgIpc) is 0.829. The van der Waals surface area contributed by atoms with Crippen molar-refractivity contribution < 1.29 is 0 Å². The van der Waals surface area contributed by atoms with Crippen molar-refractivity contribution in [2.24, 2.45) is 0 Å². The third kappa shape index (κ3) is 39.5. The first-order chi connectivity index (χ1) is 59.4. The van der Waals surface area contributed by atoms with Gasteiger partial charge in [-0.25, -0.2) is 0 Å². The molecule has 4 atom stereocenters. The van der Waals surface area contributed by atoms with Gasteiger partial charge in [0.15, 0.2) is 0 Å². The minimum atomic E-state index is 0.414. The van der Waals surface area contributed by atoms with Crippen LogP contribution in [0.15, 0.2) is 122 Å². The second-order valence-electron chi connectivity index (χ2n) is 36.4. The first-order valence-corrected chi connectivity index (χ1v) is 50.1. The van der Waals surface area contributed by atoms with Gasteiger partial charge in [-0.3, -0.25) is 39.5 Å². The SMILES string of the molecule is CC(C)N(CCCC(CCN(C(C)C)C(C)C)Nc1ccnc2cc(Cl)ccc12)C(C)C.CC(C)N(CCCCC(CCCN(C(C)C)C(C)C)Nc1ccnc2cc(Cl)ccc12)C(C)C.CCN(CC)CCCC(CCN(CC)CC)Nc1ccnc2cc(Cl)ccc12.CCN(CC)CCCCC(CCCN(CC)CC)Nc1ccnc2cc(Cl)ccc12. The highest BCUT2D eigenvalue weighted by Gasteiger charge is 2.23. The molecule has 0 radical (unpaired) electrons. The largest absolute Gasteiger partial charge is 0.382 e. The molecule has 4 aromatic heterocycles. The van der Waals surface area contributed by atoms with Gasteiger partial charge in [0, 0.05) is 175 Å². The number of hydrogen-bond donors (Lipinski definition) is 4. The van der Waals surface area contributed by atoms with Crippen molar-refractivity contribution in [1.29, 1.82) is 0 Å². The van der Waals surface area contributed by atoms with E-state index in [1.54, 1.807) is 0 Å². The Morgan fingerprint density at radius 1 is 0.234 bits per heavy atom. The number of nitrogens with zero attached hydrogens (tertiary/aromatic N) is 12. The number of nitrogens with one attached hydrogen (secondary N) is 4. The van der Waals surface area contributed by atoms with Crippen molar-refractivity contribution in [3.8, 4) is 0 Å². The number of rotatable bonds is 56. The highest BCUT2D eigenvalue weighted by Crippen LogP contribution is 2.32. The molecule has 0 fully saturated rings. The molecule has 4 aromatic carbocycles. The van der Waals surface area contributed by atoms with E-state index in [0.29, 0.717) is 72.5 Å². The van der Waals surface area contributed by atoms with Crippen LogP contribution in [-0.4, -0.2) is 236 Å². The number of halogens is 4. The van der Waals surface area contributed by atoms with Crippen molar-refractivity contribution >= 4 is 113 Å². The predicted octanol–water partition coefficient (Wildman–Crippen LogP) is 26.8. The molecular formula is C104H172Cl4N16. The van der Waals surface area contributed by atoms with Gasteiger partial charge in [-0.1, -0.05) is 115 Å². The fourth-order valence-corrected chi connectivity index (χ4v) is 18.5. The molecule has 0 saturated carbocycles. The molecule has 0 spiro atoms. The summed E-state index contributed by atoms with van der Waals surface area (Å²) < 4.78 is 0. The van der Waals surface area contributed by atoms with Gasteiger partial charge in [0.05, 0.1) is 22.1 Å². The van der Waals surface area contributed by atoms with Gasteiger partial charge in [-0.2, -0.15) is 0 Å². The van der Waals surface area contributed by atoms with Crippen LogP contribution < -0.4 is 21.3 Å². The standard InChI is InChI=1S/C29H49ClN4.C27H45ClN4.C25H41ClN4.C23H37ClN4/c1-21(2)33(22(3)4)18-10-9-12-26(13-11-19-34(23(5)6)24(7)8)32-28-16-17-31-29-20-25(30)14-15-27(28)29;1-19(2)31(20(3)4)16-9-10-24(14-17-32(21(5)6)22(7)8)30-26-13-15-29-27-18-23(28)11-12-25(26)27;1-5-29(6-2)18-10-9-12-22(13-11-19-30(7-3)8-4)28-24-16-17-27-25-20-21(26)14-15-23(24)25;1-5-27(6-2)16-9-10-20(14-17-28(7-3)8-4)26-22-13-15-25-23-18-19(24)11-12-21(22)23/h14-17,20-24,26H,9-13,18-19H2,1-8H3,(H,31,32);11-13,15,18-22,24H,9-10,14,16-17H2,1-8H3,(H,29,30);14-17,20,22H,5-13,18-19H2,1-4H3,(H,27,28);11-13,15,18,20H,5-10,14,16-17H2,1-4H3,(H,25,26). The molecule has 16 nitrogen and oxygen atoms in total. The molecule has 696 valence electrons. The van der Waals surface area contributed by atoms with Crippen LogP contribution in [-0.2, 0) is 0 Å². The molecule has 0 saturated heterocycles. The second kappa shape index (κ2) is 60.4. The van der Waals surface area contributed by atoms with E-state index in [-0.39, 0.29) is 0 Å². The summed E-state index contributed by atoms with van der Waals surface area (Å²) in [4.78, 5) is 38.4.